The third-order valence-corrected chi connectivity index (χ3v) is 6.44. The van der Waals surface area contributed by atoms with Crippen LogP contribution in [0.3, 0.4) is 0 Å². The molecule has 1 aromatic carbocycles. The summed E-state index contributed by atoms with van der Waals surface area (Å²) in [5.74, 6) is 2.25. The van der Waals surface area contributed by atoms with Crippen molar-refractivity contribution in [2.45, 2.75) is 38.1 Å². The molecule has 4 nitrogen and oxygen atoms in total. The Morgan fingerprint density at radius 2 is 1.88 bits per heavy atom. The molecule has 5 heteroatoms. The topological polar surface area (TPSA) is 40.6 Å². The molecule has 0 bridgehead atoms. The van der Waals surface area contributed by atoms with Gasteiger partial charge in [-0.15, -0.1) is 0 Å². The van der Waals surface area contributed by atoms with Gasteiger partial charge in [-0.2, -0.15) is 11.8 Å². The zero-order chi connectivity index (χ0) is 16.5. The maximum absolute atomic E-state index is 13.2. The Labute approximate surface area is 147 Å². The van der Waals surface area contributed by atoms with Crippen molar-refractivity contribution in [1.29, 1.82) is 0 Å². The van der Waals surface area contributed by atoms with Crippen molar-refractivity contribution in [3.05, 3.63) is 34.9 Å². The standard InChI is InChI=1S/C19H24N2O2S/c22-18(16-7-2-5-14-4-1-6-15(14)16)21-9-3-8-17(21)19(23)20-10-12-24-13-11-20/h2,5,7,17H,1,3-4,6,8-13H2. The lowest BCUT2D eigenvalue weighted by molar-refractivity contribution is -0.134. The van der Waals surface area contributed by atoms with Crippen LogP contribution in [-0.2, 0) is 17.6 Å². The van der Waals surface area contributed by atoms with Crippen molar-refractivity contribution in [2.75, 3.05) is 31.1 Å². The number of carbonyl (C=O) groups excluding carboxylic acids is 2. The van der Waals surface area contributed by atoms with Gasteiger partial charge in [0.15, 0.2) is 0 Å². The average molecular weight is 344 g/mol. The number of nitrogens with zero attached hydrogens (tertiary/aromatic N) is 2. The third kappa shape index (κ3) is 2.83. The Bertz CT molecular complexity index is 655. The van der Waals surface area contributed by atoms with E-state index in [0.717, 1.165) is 62.3 Å². The minimum absolute atomic E-state index is 0.0657. The molecule has 0 N–H and O–H groups in total. The first-order valence-electron chi connectivity index (χ1n) is 9.04. The second-order valence-corrected chi connectivity index (χ2v) is 8.12. The van der Waals surface area contributed by atoms with E-state index in [2.05, 4.69) is 6.07 Å². The number of amides is 2. The molecule has 0 spiro atoms. The lowest BCUT2D eigenvalue weighted by Crippen LogP contribution is -2.50. The number of benzene rings is 1. The Hall–Kier alpha value is -1.49. The molecule has 1 aromatic rings. The van der Waals surface area contributed by atoms with Crippen molar-refractivity contribution in [1.82, 2.24) is 9.80 Å². The molecule has 2 heterocycles. The zero-order valence-corrected chi connectivity index (χ0v) is 14.8. The van der Waals surface area contributed by atoms with Gasteiger partial charge in [0.25, 0.3) is 5.91 Å². The molecule has 2 saturated heterocycles. The quantitative estimate of drug-likeness (QED) is 0.827. The largest absolute Gasteiger partial charge is 0.339 e. The Balaban J connectivity index is 1.55. The molecule has 24 heavy (non-hydrogen) atoms. The molecular weight excluding hydrogens is 320 g/mol. The van der Waals surface area contributed by atoms with Crippen molar-refractivity contribution < 1.29 is 9.59 Å². The van der Waals surface area contributed by atoms with E-state index in [4.69, 9.17) is 0 Å². The smallest absolute Gasteiger partial charge is 0.254 e. The lowest BCUT2D eigenvalue weighted by atomic mass is 10.0. The van der Waals surface area contributed by atoms with Gasteiger partial charge in [0.1, 0.15) is 6.04 Å². The first kappa shape index (κ1) is 16.0. The van der Waals surface area contributed by atoms with E-state index >= 15 is 0 Å². The van der Waals surface area contributed by atoms with Crippen molar-refractivity contribution in [3.8, 4) is 0 Å². The molecule has 2 fully saturated rings. The fourth-order valence-electron chi connectivity index (χ4n) is 4.24. The van der Waals surface area contributed by atoms with Gasteiger partial charge < -0.3 is 9.80 Å². The first-order valence-corrected chi connectivity index (χ1v) is 10.2. The van der Waals surface area contributed by atoms with Gasteiger partial charge in [0, 0.05) is 36.7 Å². The molecule has 0 radical (unpaired) electrons. The SMILES string of the molecule is O=C(C1CCCN1C(=O)c1cccc2c1CCC2)N1CCSCC1. The first-order chi connectivity index (χ1) is 11.8. The van der Waals surface area contributed by atoms with Gasteiger partial charge in [-0.25, -0.2) is 0 Å². The summed E-state index contributed by atoms with van der Waals surface area (Å²) in [7, 11) is 0. The van der Waals surface area contributed by atoms with Crippen LogP contribution in [0, 0.1) is 0 Å². The molecule has 2 amide bonds. The van der Waals surface area contributed by atoms with Crippen LogP contribution in [0.1, 0.15) is 40.7 Å². The number of likely N-dealkylation sites (tertiary alicyclic amines) is 1. The summed E-state index contributed by atoms with van der Waals surface area (Å²) < 4.78 is 0. The Kier molecular flexibility index (Phi) is 4.53. The Morgan fingerprint density at radius 1 is 1.04 bits per heavy atom. The average Bonchev–Trinajstić information content (AvgIpc) is 3.30. The third-order valence-electron chi connectivity index (χ3n) is 5.50. The zero-order valence-electron chi connectivity index (χ0n) is 14.0. The predicted octanol–water partition coefficient (Wildman–Crippen LogP) is 2.36. The van der Waals surface area contributed by atoms with Gasteiger partial charge in [0.2, 0.25) is 5.91 Å². The van der Waals surface area contributed by atoms with E-state index in [1.807, 2.05) is 33.7 Å². The predicted molar refractivity (Wildman–Crippen MR) is 96.4 cm³/mol. The van der Waals surface area contributed by atoms with Crippen LogP contribution in [-0.4, -0.2) is 58.8 Å². The fourth-order valence-corrected chi connectivity index (χ4v) is 5.14. The maximum atomic E-state index is 13.2. The molecule has 128 valence electrons. The summed E-state index contributed by atoms with van der Waals surface area (Å²) in [6.45, 7) is 2.35. The molecular formula is C19H24N2O2S. The van der Waals surface area contributed by atoms with Crippen molar-refractivity contribution in [2.24, 2.45) is 0 Å². The van der Waals surface area contributed by atoms with Crippen LogP contribution in [0.4, 0.5) is 0 Å². The van der Waals surface area contributed by atoms with Gasteiger partial charge >= 0.3 is 0 Å². The fraction of sp³-hybridized carbons (Fsp3) is 0.579. The number of fused-ring (bicyclic) bond motifs is 1. The molecule has 3 aliphatic rings. The van der Waals surface area contributed by atoms with E-state index in [0.29, 0.717) is 6.54 Å². The van der Waals surface area contributed by atoms with Crippen LogP contribution in [0.2, 0.25) is 0 Å². The lowest BCUT2D eigenvalue weighted by Gasteiger charge is -2.32. The monoisotopic (exact) mass is 344 g/mol. The molecule has 0 aromatic heterocycles. The molecule has 1 atom stereocenters. The number of hydrogen-bond donors (Lipinski definition) is 0. The van der Waals surface area contributed by atoms with Crippen LogP contribution in [0.15, 0.2) is 18.2 Å². The second kappa shape index (κ2) is 6.79. The minimum atomic E-state index is -0.252. The number of hydrogen-bond acceptors (Lipinski definition) is 3. The van der Waals surface area contributed by atoms with Crippen LogP contribution in [0.25, 0.3) is 0 Å². The molecule has 1 aliphatic carbocycles. The number of carbonyl (C=O) groups is 2. The normalized spacial score (nSPS) is 23.4. The molecule has 1 unspecified atom stereocenters. The highest BCUT2D eigenvalue weighted by atomic mass is 32.2. The number of aryl methyl sites for hydroxylation is 1. The number of thioether (sulfide) groups is 1. The maximum Gasteiger partial charge on any atom is 0.254 e. The van der Waals surface area contributed by atoms with Crippen molar-refractivity contribution >= 4 is 23.6 Å². The highest BCUT2D eigenvalue weighted by Crippen LogP contribution is 2.29. The second-order valence-electron chi connectivity index (χ2n) is 6.89. The van der Waals surface area contributed by atoms with E-state index in [1.165, 1.54) is 11.1 Å². The summed E-state index contributed by atoms with van der Waals surface area (Å²) in [5, 5.41) is 0. The summed E-state index contributed by atoms with van der Waals surface area (Å²) in [4.78, 5) is 29.9. The molecule has 4 rings (SSSR count). The van der Waals surface area contributed by atoms with Crippen LogP contribution < -0.4 is 0 Å². The summed E-state index contributed by atoms with van der Waals surface area (Å²) in [6, 6.07) is 5.82. The van der Waals surface area contributed by atoms with E-state index in [1.54, 1.807) is 0 Å². The van der Waals surface area contributed by atoms with E-state index in [9.17, 15) is 9.59 Å². The highest BCUT2D eigenvalue weighted by Gasteiger charge is 2.38. The van der Waals surface area contributed by atoms with Crippen molar-refractivity contribution in [3.63, 3.8) is 0 Å². The summed E-state index contributed by atoms with van der Waals surface area (Å²) in [6.07, 6.45) is 4.94. The van der Waals surface area contributed by atoms with Crippen LogP contribution in [0.5, 0.6) is 0 Å². The Morgan fingerprint density at radius 3 is 2.71 bits per heavy atom. The molecule has 0 saturated carbocycles. The highest BCUT2D eigenvalue weighted by molar-refractivity contribution is 7.99. The number of rotatable bonds is 2. The van der Waals surface area contributed by atoms with Gasteiger partial charge in [-0.1, -0.05) is 12.1 Å². The van der Waals surface area contributed by atoms with Gasteiger partial charge in [0.05, 0.1) is 0 Å². The van der Waals surface area contributed by atoms with Gasteiger partial charge in [-0.3, -0.25) is 9.59 Å². The molecule has 2 aliphatic heterocycles. The summed E-state index contributed by atoms with van der Waals surface area (Å²) >= 11 is 1.90. The van der Waals surface area contributed by atoms with Gasteiger partial charge in [-0.05, 0) is 49.3 Å². The van der Waals surface area contributed by atoms with E-state index in [-0.39, 0.29) is 17.9 Å². The minimum Gasteiger partial charge on any atom is -0.339 e. The van der Waals surface area contributed by atoms with E-state index < -0.39 is 0 Å². The van der Waals surface area contributed by atoms with Crippen LogP contribution >= 0.6 is 11.8 Å². The summed E-state index contributed by atoms with van der Waals surface area (Å²) in [5.41, 5.74) is 3.37.